The van der Waals surface area contributed by atoms with E-state index in [4.69, 9.17) is 5.73 Å². The van der Waals surface area contributed by atoms with Gasteiger partial charge in [0.15, 0.2) is 0 Å². The monoisotopic (exact) mass is 309 g/mol. The molecular formula is C18H23N5. The second-order valence-corrected chi connectivity index (χ2v) is 6.23. The zero-order chi connectivity index (χ0) is 16.4. The molecule has 0 aliphatic carbocycles. The fourth-order valence-corrected chi connectivity index (χ4v) is 2.68. The number of hydrogen-bond acceptors (Lipinski definition) is 4. The fraction of sp³-hybridized carbons (Fsp3) is 0.278. The van der Waals surface area contributed by atoms with E-state index in [0.29, 0.717) is 6.54 Å². The van der Waals surface area contributed by atoms with Gasteiger partial charge in [-0.05, 0) is 43.7 Å². The van der Waals surface area contributed by atoms with Crippen LogP contribution in [0.15, 0.2) is 42.5 Å². The Balaban J connectivity index is 1.76. The smallest absolute Gasteiger partial charge is 0.121 e. The Morgan fingerprint density at radius 2 is 1.96 bits per heavy atom. The lowest BCUT2D eigenvalue weighted by molar-refractivity contribution is 0.396. The topological polar surface area (TPSA) is 78.8 Å². The maximum atomic E-state index is 6.08. The largest absolute Gasteiger partial charge is 0.397 e. The predicted molar refractivity (Wildman–Crippen MR) is 96.4 cm³/mol. The van der Waals surface area contributed by atoms with Gasteiger partial charge >= 0.3 is 0 Å². The van der Waals surface area contributed by atoms with Gasteiger partial charge in [-0.25, -0.2) is 4.98 Å². The first-order valence-corrected chi connectivity index (χ1v) is 7.76. The Morgan fingerprint density at radius 1 is 1.17 bits per heavy atom. The Bertz CT molecular complexity index is 786. The van der Waals surface area contributed by atoms with Crippen molar-refractivity contribution in [3.8, 4) is 0 Å². The highest BCUT2D eigenvalue weighted by Crippen LogP contribution is 2.27. The summed E-state index contributed by atoms with van der Waals surface area (Å²) in [5, 5.41) is 6.63. The van der Waals surface area contributed by atoms with Crippen LogP contribution in [0.3, 0.4) is 0 Å². The van der Waals surface area contributed by atoms with Crippen LogP contribution in [-0.4, -0.2) is 17.0 Å². The molecule has 3 rings (SSSR count). The second-order valence-electron chi connectivity index (χ2n) is 6.23. The molecule has 1 aromatic heterocycles. The molecule has 0 unspecified atom stereocenters. The zero-order valence-electron chi connectivity index (χ0n) is 13.8. The molecule has 0 saturated heterocycles. The van der Waals surface area contributed by atoms with Crippen molar-refractivity contribution >= 4 is 22.4 Å². The van der Waals surface area contributed by atoms with E-state index in [1.54, 1.807) is 0 Å². The molecule has 2 aromatic carbocycles. The SMILES string of the molecule is CNc1ccc(C(C)(C)NCc2nc3ccccc3[nH]2)cc1N. The van der Waals surface area contributed by atoms with Crippen molar-refractivity contribution in [2.75, 3.05) is 18.1 Å². The molecule has 5 heteroatoms. The van der Waals surface area contributed by atoms with E-state index < -0.39 is 0 Å². The fourth-order valence-electron chi connectivity index (χ4n) is 2.68. The molecule has 5 N–H and O–H groups in total. The molecule has 120 valence electrons. The van der Waals surface area contributed by atoms with Crippen LogP contribution < -0.4 is 16.4 Å². The van der Waals surface area contributed by atoms with Gasteiger partial charge in [0, 0.05) is 12.6 Å². The standard InChI is InChI=1S/C18H23N5/c1-18(2,12-8-9-14(20-3)13(19)10-12)21-11-17-22-15-6-4-5-7-16(15)23-17/h4-10,20-21H,11,19H2,1-3H3,(H,22,23). The molecule has 0 fully saturated rings. The third kappa shape index (κ3) is 3.14. The second kappa shape index (κ2) is 5.93. The number of rotatable bonds is 5. The summed E-state index contributed by atoms with van der Waals surface area (Å²) in [5.74, 6) is 0.930. The number of H-pyrrole nitrogens is 1. The number of hydrogen-bond donors (Lipinski definition) is 4. The van der Waals surface area contributed by atoms with Crippen LogP contribution in [0, 0.1) is 0 Å². The van der Waals surface area contributed by atoms with E-state index in [2.05, 4.69) is 40.5 Å². The van der Waals surface area contributed by atoms with E-state index >= 15 is 0 Å². The van der Waals surface area contributed by atoms with Crippen LogP contribution in [0.1, 0.15) is 25.2 Å². The number of fused-ring (bicyclic) bond motifs is 1. The molecule has 0 atom stereocenters. The number of anilines is 2. The molecule has 0 bridgehead atoms. The van der Waals surface area contributed by atoms with Crippen LogP contribution in [0.4, 0.5) is 11.4 Å². The minimum atomic E-state index is -0.209. The van der Waals surface area contributed by atoms with Gasteiger partial charge in [-0.15, -0.1) is 0 Å². The Hall–Kier alpha value is -2.53. The maximum Gasteiger partial charge on any atom is 0.121 e. The number of para-hydroxylation sites is 2. The summed E-state index contributed by atoms with van der Waals surface area (Å²) >= 11 is 0. The number of nitrogen functional groups attached to an aromatic ring is 1. The van der Waals surface area contributed by atoms with Crippen molar-refractivity contribution in [3.63, 3.8) is 0 Å². The molecule has 0 aliphatic rings. The molecule has 0 amide bonds. The van der Waals surface area contributed by atoms with Gasteiger partial charge in [0.05, 0.1) is 29.0 Å². The van der Waals surface area contributed by atoms with Crippen molar-refractivity contribution in [2.24, 2.45) is 0 Å². The molecule has 3 aromatic rings. The minimum absolute atomic E-state index is 0.209. The van der Waals surface area contributed by atoms with E-state index in [9.17, 15) is 0 Å². The molecular weight excluding hydrogens is 286 g/mol. The summed E-state index contributed by atoms with van der Waals surface area (Å²) in [6, 6.07) is 14.2. The lowest BCUT2D eigenvalue weighted by Crippen LogP contribution is -2.36. The number of nitrogens with two attached hydrogens (primary N) is 1. The third-order valence-electron chi connectivity index (χ3n) is 4.18. The number of benzene rings is 2. The quantitative estimate of drug-likeness (QED) is 0.546. The summed E-state index contributed by atoms with van der Waals surface area (Å²) in [7, 11) is 1.87. The Labute approximate surface area is 136 Å². The van der Waals surface area contributed by atoms with E-state index in [0.717, 1.165) is 33.8 Å². The average Bonchev–Trinajstić information content (AvgIpc) is 2.96. The van der Waals surface area contributed by atoms with Gasteiger partial charge in [-0.2, -0.15) is 0 Å². The average molecular weight is 309 g/mol. The van der Waals surface area contributed by atoms with Gasteiger partial charge in [0.1, 0.15) is 5.82 Å². The molecule has 0 aliphatic heterocycles. The molecule has 5 nitrogen and oxygen atoms in total. The van der Waals surface area contributed by atoms with Gasteiger partial charge in [0.2, 0.25) is 0 Å². The maximum absolute atomic E-state index is 6.08. The van der Waals surface area contributed by atoms with Gasteiger partial charge in [-0.3, -0.25) is 0 Å². The number of imidazole rings is 1. The summed E-state index contributed by atoms with van der Waals surface area (Å²) in [4.78, 5) is 7.94. The Kier molecular flexibility index (Phi) is 3.96. The van der Waals surface area contributed by atoms with Crippen LogP contribution in [0.2, 0.25) is 0 Å². The molecule has 23 heavy (non-hydrogen) atoms. The highest BCUT2D eigenvalue weighted by atomic mass is 15.0. The minimum Gasteiger partial charge on any atom is -0.397 e. The number of nitrogens with zero attached hydrogens (tertiary/aromatic N) is 1. The van der Waals surface area contributed by atoms with E-state index in [1.807, 2.05) is 43.4 Å². The van der Waals surface area contributed by atoms with Crippen molar-refractivity contribution in [3.05, 3.63) is 53.9 Å². The first kappa shape index (κ1) is 15.4. The van der Waals surface area contributed by atoms with Gasteiger partial charge < -0.3 is 21.4 Å². The van der Waals surface area contributed by atoms with Crippen molar-refractivity contribution in [1.82, 2.24) is 15.3 Å². The Morgan fingerprint density at radius 3 is 2.65 bits per heavy atom. The number of nitrogens with one attached hydrogen (secondary N) is 3. The van der Waals surface area contributed by atoms with Crippen LogP contribution >= 0.6 is 0 Å². The zero-order valence-corrected chi connectivity index (χ0v) is 13.8. The molecule has 0 saturated carbocycles. The number of aromatic amines is 1. The first-order valence-electron chi connectivity index (χ1n) is 7.76. The van der Waals surface area contributed by atoms with Crippen molar-refractivity contribution in [1.29, 1.82) is 0 Å². The summed E-state index contributed by atoms with van der Waals surface area (Å²) in [6.07, 6.45) is 0. The highest BCUT2D eigenvalue weighted by molar-refractivity contribution is 5.74. The summed E-state index contributed by atoms with van der Waals surface area (Å²) in [5.41, 5.74) is 10.8. The molecule has 0 radical (unpaired) electrons. The van der Waals surface area contributed by atoms with Gasteiger partial charge in [-0.1, -0.05) is 18.2 Å². The van der Waals surface area contributed by atoms with Crippen LogP contribution in [0.5, 0.6) is 0 Å². The van der Waals surface area contributed by atoms with Crippen molar-refractivity contribution in [2.45, 2.75) is 25.9 Å². The lowest BCUT2D eigenvalue weighted by Gasteiger charge is -2.27. The van der Waals surface area contributed by atoms with Crippen molar-refractivity contribution < 1.29 is 0 Å². The predicted octanol–water partition coefficient (Wildman–Crippen LogP) is 3.21. The summed E-state index contributed by atoms with van der Waals surface area (Å²) < 4.78 is 0. The molecule has 0 spiro atoms. The third-order valence-corrected chi connectivity index (χ3v) is 4.18. The summed E-state index contributed by atoms with van der Waals surface area (Å²) in [6.45, 7) is 4.95. The first-order chi connectivity index (χ1) is 11.0. The highest BCUT2D eigenvalue weighted by Gasteiger charge is 2.21. The van der Waals surface area contributed by atoms with E-state index in [-0.39, 0.29) is 5.54 Å². The van der Waals surface area contributed by atoms with Gasteiger partial charge in [0.25, 0.3) is 0 Å². The lowest BCUT2D eigenvalue weighted by atomic mass is 9.93. The number of aromatic nitrogens is 2. The normalized spacial score (nSPS) is 11.8. The van der Waals surface area contributed by atoms with E-state index in [1.165, 1.54) is 0 Å². The van der Waals surface area contributed by atoms with Crippen LogP contribution in [0.25, 0.3) is 11.0 Å². The van der Waals surface area contributed by atoms with Crippen LogP contribution in [-0.2, 0) is 12.1 Å². The molecule has 1 heterocycles.